The zero-order valence-electron chi connectivity index (χ0n) is 11.6. The molecule has 4 nitrogen and oxygen atoms in total. The van der Waals surface area contributed by atoms with Gasteiger partial charge in [-0.15, -0.1) is 0 Å². The predicted molar refractivity (Wildman–Crippen MR) is 75.6 cm³/mol. The molecule has 0 saturated carbocycles. The molecule has 2 rings (SSSR count). The Kier molecular flexibility index (Phi) is 5.12. The molecule has 0 bridgehead atoms. The molecule has 0 spiro atoms. The molecular formula is C15H21N3O. The second-order valence-corrected chi connectivity index (χ2v) is 4.50. The lowest BCUT2D eigenvalue weighted by molar-refractivity contribution is 0.133. The maximum atomic E-state index is 5.48. The van der Waals surface area contributed by atoms with Crippen LogP contribution in [-0.4, -0.2) is 16.6 Å². The van der Waals surface area contributed by atoms with Gasteiger partial charge >= 0.3 is 0 Å². The molecule has 0 radical (unpaired) electrons. The van der Waals surface area contributed by atoms with Crippen molar-refractivity contribution in [1.82, 2.24) is 15.3 Å². The van der Waals surface area contributed by atoms with Gasteiger partial charge in [-0.1, -0.05) is 24.3 Å². The third-order valence-electron chi connectivity index (χ3n) is 2.97. The van der Waals surface area contributed by atoms with Crippen LogP contribution in [0.1, 0.15) is 29.6 Å². The number of ether oxygens (including phenoxy) is 1. The average molecular weight is 259 g/mol. The molecule has 2 N–H and O–H groups in total. The molecule has 1 aromatic heterocycles. The third kappa shape index (κ3) is 4.19. The number of hydrogen-bond acceptors (Lipinski definition) is 3. The number of imidazole rings is 1. The van der Waals surface area contributed by atoms with E-state index >= 15 is 0 Å². The van der Waals surface area contributed by atoms with Gasteiger partial charge < -0.3 is 15.0 Å². The van der Waals surface area contributed by atoms with Gasteiger partial charge in [0.25, 0.3) is 0 Å². The van der Waals surface area contributed by atoms with E-state index in [1.54, 1.807) is 0 Å². The number of rotatable bonds is 7. The lowest BCUT2D eigenvalue weighted by Crippen LogP contribution is -2.14. The minimum atomic E-state index is 0.678. The first-order valence-corrected chi connectivity index (χ1v) is 6.65. The number of aromatic amines is 1. The summed E-state index contributed by atoms with van der Waals surface area (Å²) in [4.78, 5) is 7.40. The van der Waals surface area contributed by atoms with Crippen LogP contribution in [-0.2, 0) is 24.4 Å². The molecule has 19 heavy (non-hydrogen) atoms. The quantitative estimate of drug-likeness (QED) is 0.803. The predicted octanol–water partition coefficient (Wildman–Crippen LogP) is 2.54. The Hall–Kier alpha value is -1.65. The summed E-state index contributed by atoms with van der Waals surface area (Å²) < 4.78 is 5.48. The molecule has 0 unspecified atom stereocenters. The van der Waals surface area contributed by atoms with E-state index in [0.29, 0.717) is 6.61 Å². The highest BCUT2D eigenvalue weighted by atomic mass is 16.5. The molecule has 0 atom stereocenters. The van der Waals surface area contributed by atoms with Crippen LogP contribution in [0.5, 0.6) is 0 Å². The minimum absolute atomic E-state index is 0.678. The fraction of sp³-hybridized carbons (Fsp3) is 0.400. The Morgan fingerprint density at radius 2 is 2.00 bits per heavy atom. The summed E-state index contributed by atoms with van der Waals surface area (Å²) in [5, 5.41) is 3.42. The van der Waals surface area contributed by atoms with E-state index in [2.05, 4.69) is 39.6 Å². The van der Waals surface area contributed by atoms with Crippen molar-refractivity contribution in [2.75, 3.05) is 6.61 Å². The Balaban J connectivity index is 1.88. The Morgan fingerprint density at radius 1 is 1.21 bits per heavy atom. The summed E-state index contributed by atoms with van der Waals surface area (Å²) in [5.74, 6) is 0.952. The van der Waals surface area contributed by atoms with E-state index in [1.165, 1.54) is 11.1 Å². The summed E-state index contributed by atoms with van der Waals surface area (Å²) >= 11 is 0. The van der Waals surface area contributed by atoms with E-state index in [1.807, 2.05) is 20.0 Å². The standard InChI is InChI=1S/C15H21N3O/c1-3-19-11-14-7-5-4-6-13(14)8-16-9-15-10-17-12(2)18-15/h4-7,10,16H,3,8-9,11H2,1-2H3,(H,17,18). The topological polar surface area (TPSA) is 49.9 Å². The number of aromatic nitrogens is 2. The van der Waals surface area contributed by atoms with Crippen LogP contribution in [0.3, 0.4) is 0 Å². The molecule has 0 fully saturated rings. The van der Waals surface area contributed by atoms with Crippen LogP contribution in [0.15, 0.2) is 30.5 Å². The third-order valence-corrected chi connectivity index (χ3v) is 2.97. The minimum Gasteiger partial charge on any atom is -0.377 e. The van der Waals surface area contributed by atoms with Crippen molar-refractivity contribution >= 4 is 0 Å². The van der Waals surface area contributed by atoms with Crippen molar-refractivity contribution in [3.63, 3.8) is 0 Å². The molecule has 0 aliphatic heterocycles. The number of benzene rings is 1. The van der Waals surface area contributed by atoms with Gasteiger partial charge in [0, 0.05) is 31.6 Å². The van der Waals surface area contributed by atoms with Gasteiger partial charge in [-0.05, 0) is 25.0 Å². The van der Waals surface area contributed by atoms with Crippen molar-refractivity contribution in [1.29, 1.82) is 0 Å². The van der Waals surface area contributed by atoms with Crippen LogP contribution in [0.2, 0.25) is 0 Å². The Bertz CT molecular complexity index is 508. The lowest BCUT2D eigenvalue weighted by atomic mass is 10.1. The molecular weight excluding hydrogens is 238 g/mol. The van der Waals surface area contributed by atoms with Crippen LogP contribution in [0.4, 0.5) is 0 Å². The number of nitrogens with one attached hydrogen (secondary N) is 2. The molecule has 0 aliphatic carbocycles. The molecule has 0 amide bonds. The smallest absolute Gasteiger partial charge is 0.103 e. The van der Waals surface area contributed by atoms with E-state index in [0.717, 1.165) is 31.2 Å². The first-order chi connectivity index (χ1) is 9.29. The molecule has 102 valence electrons. The molecule has 4 heteroatoms. The number of nitrogens with zero attached hydrogens (tertiary/aromatic N) is 1. The van der Waals surface area contributed by atoms with Gasteiger partial charge in [0.1, 0.15) is 5.82 Å². The van der Waals surface area contributed by atoms with Crippen LogP contribution >= 0.6 is 0 Å². The lowest BCUT2D eigenvalue weighted by Gasteiger charge is -2.10. The largest absolute Gasteiger partial charge is 0.377 e. The van der Waals surface area contributed by atoms with Crippen LogP contribution < -0.4 is 5.32 Å². The summed E-state index contributed by atoms with van der Waals surface area (Å²) in [7, 11) is 0. The van der Waals surface area contributed by atoms with E-state index < -0.39 is 0 Å². The van der Waals surface area contributed by atoms with Gasteiger partial charge in [0.15, 0.2) is 0 Å². The van der Waals surface area contributed by atoms with Gasteiger partial charge in [-0.2, -0.15) is 0 Å². The van der Waals surface area contributed by atoms with E-state index in [4.69, 9.17) is 4.74 Å². The summed E-state index contributed by atoms with van der Waals surface area (Å²) in [5.41, 5.74) is 3.64. The maximum absolute atomic E-state index is 5.48. The molecule has 0 aliphatic rings. The van der Waals surface area contributed by atoms with Crippen LogP contribution in [0.25, 0.3) is 0 Å². The molecule has 2 aromatic rings. The zero-order valence-corrected chi connectivity index (χ0v) is 11.6. The summed E-state index contributed by atoms with van der Waals surface area (Å²) in [6.45, 7) is 7.03. The highest BCUT2D eigenvalue weighted by Crippen LogP contribution is 2.10. The van der Waals surface area contributed by atoms with Crippen molar-refractivity contribution < 1.29 is 4.74 Å². The number of H-pyrrole nitrogens is 1. The van der Waals surface area contributed by atoms with Crippen molar-refractivity contribution in [2.45, 2.75) is 33.5 Å². The second-order valence-electron chi connectivity index (χ2n) is 4.50. The molecule has 1 aromatic carbocycles. The highest BCUT2D eigenvalue weighted by molar-refractivity contribution is 5.26. The first-order valence-electron chi connectivity index (χ1n) is 6.65. The van der Waals surface area contributed by atoms with Gasteiger partial charge in [-0.3, -0.25) is 0 Å². The fourth-order valence-corrected chi connectivity index (χ4v) is 1.98. The van der Waals surface area contributed by atoms with Gasteiger partial charge in [0.2, 0.25) is 0 Å². The summed E-state index contributed by atoms with van der Waals surface area (Å²) in [6, 6.07) is 8.37. The van der Waals surface area contributed by atoms with Gasteiger partial charge in [-0.25, -0.2) is 4.98 Å². The van der Waals surface area contributed by atoms with Crippen LogP contribution in [0, 0.1) is 6.92 Å². The molecule has 1 heterocycles. The van der Waals surface area contributed by atoms with Crippen molar-refractivity contribution in [3.05, 3.63) is 53.1 Å². The first kappa shape index (κ1) is 13.8. The van der Waals surface area contributed by atoms with E-state index in [9.17, 15) is 0 Å². The maximum Gasteiger partial charge on any atom is 0.103 e. The normalized spacial score (nSPS) is 10.8. The summed E-state index contributed by atoms with van der Waals surface area (Å²) in [6.07, 6.45) is 1.87. The highest BCUT2D eigenvalue weighted by Gasteiger charge is 2.02. The van der Waals surface area contributed by atoms with Gasteiger partial charge in [0.05, 0.1) is 6.61 Å². The average Bonchev–Trinajstić information content (AvgIpc) is 2.83. The number of hydrogen-bond donors (Lipinski definition) is 2. The Morgan fingerprint density at radius 3 is 2.68 bits per heavy atom. The number of aryl methyl sites for hydroxylation is 1. The zero-order chi connectivity index (χ0) is 13.5. The molecule has 0 saturated heterocycles. The van der Waals surface area contributed by atoms with E-state index in [-0.39, 0.29) is 0 Å². The fourth-order valence-electron chi connectivity index (χ4n) is 1.98. The van der Waals surface area contributed by atoms with Crippen molar-refractivity contribution in [3.8, 4) is 0 Å². The monoisotopic (exact) mass is 259 g/mol. The second kappa shape index (κ2) is 7.07. The van der Waals surface area contributed by atoms with Crippen molar-refractivity contribution in [2.24, 2.45) is 0 Å². The SMILES string of the molecule is CCOCc1ccccc1CNCc1cnc(C)[nH]1. The Labute approximate surface area is 114 Å².